The second-order valence-corrected chi connectivity index (χ2v) is 5.67. The van der Waals surface area contributed by atoms with Crippen LogP contribution in [0.4, 0.5) is 10.5 Å². The van der Waals surface area contributed by atoms with E-state index in [4.69, 9.17) is 5.11 Å². The van der Waals surface area contributed by atoms with Crippen molar-refractivity contribution in [1.82, 2.24) is 5.32 Å². The summed E-state index contributed by atoms with van der Waals surface area (Å²) in [6.45, 7) is 4.25. The van der Waals surface area contributed by atoms with E-state index in [-0.39, 0.29) is 11.6 Å². The van der Waals surface area contributed by atoms with Gasteiger partial charge in [0.25, 0.3) is 0 Å². The van der Waals surface area contributed by atoms with Gasteiger partial charge in [0.2, 0.25) is 0 Å². The number of rotatable bonds is 4. The summed E-state index contributed by atoms with van der Waals surface area (Å²) in [5, 5.41) is 16.4. The number of hydrogen-bond donors (Lipinski definition) is 3. The number of anilines is 1. The van der Waals surface area contributed by atoms with Gasteiger partial charge in [-0.05, 0) is 48.6 Å². The number of carbonyl (C=O) groups excluding carboxylic acids is 1. The quantitative estimate of drug-likeness (QED) is 0.810. The number of carboxylic acid groups (broad SMARTS) is 1. The van der Waals surface area contributed by atoms with Crippen molar-refractivity contribution < 1.29 is 14.7 Å². The Labute approximate surface area is 126 Å². The van der Waals surface area contributed by atoms with E-state index >= 15 is 0 Å². The molecule has 0 aliphatic rings. The van der Waals surface area contributed by atoms with Crippen LogP contribution in [-0.4, -0.2) is 17.1 Å². The smallest absolute Gasteiger partial charge is 0.335 e. The molecular formula is C15H16N2O3S. The minimum absolute atomic E-state index is 0.144. The lowest BCUT2D eigenvalue weighted by Crippen LogP contribution is -2.28. The predicted molar refractivity (Wildman–Crippen MR) is 83.1 cm³/mol. The van der Waals surface area contributed by atoms with E-state index in [0.717, 1.165) is 16.0 Å². The molecule has 2 amide bonds. The maximum atomic E-state index is 11.9. The molecule has 0 saturated heterocycles. The Morgan fingerprint density at radius 1 is 1.19 bits per heavy atom. The molecule has 0 aliphatic carbocycles. The second-order valence-electron chi connectivity index (χ2n) is 4.67. The molecule has 2 aromatic rings. The molecule has 1 heterocycles. The van der Waals surface area contributed by atoms with E-state index in [1.165, 1.54) is 12.1 Å². The van der Waals surface area contributed by atoms with Crippen molar-refractivity contribution in [2.45, 2.75) is 20.4 Å². The van der Waals surface area contributed by atoms with Gasteiger partial charge in [0, 0.05) is 10.6 Å². The molecule has 0 radical (unpaired) electrons. The molecule has 0 fully saturated rings. The highest BCUT2D eigenvalue weighted by molar-refractivity contribution is 7.10. The molecule has 0 saturated carbocycles. The molecule has 1 aromatic carbocycles. The summed E-state index contributed by atoms with van der Waals surface area (Å²) in [6, 6.07) is 6.28. The van der Waals surface area contributed by atoms with Crippen LogP contribution in [0.15, 0.2) is 29.6 Å². The normalized spacial score (nSPS) is 10.2. The van der Waals surface area contributed by atoms with E-state index < -0.39 is 5.97 Å². The fourth-order valence-electron chi connectivity index (χ4n) is 1.80. The Morgan fingerprint density at radius 2 is 1.95 bits per heavy atom. The number of urea groups is 1. The first-order chi connectivity index (χ1) is 9.97. The van der Waals surface area contributed by atoms with Crippen molar-refractivity contribution in [3.63, 3.8) is 0 Å². The lowest BCUT2D eigenvalue weighted by molar-refractivity contribution is 0.0697. The van der Waals surface area contributed by atoms with Crippen LogP contribution in [0.2, 0.25) is 0 Å². The number of thiophene rings is 1. The highest BCUT2D eigenvalue weighted by Gasteiger charge is 2.09. The van der Waals surface area contributed by atoms with Crippen LogP contribution in [0.5, 0.6) is 0 Å². The number of benzene rings is 1. The number of hydrogen-bond acceptors (Lipinski definition) is 3. The summed E-state index contributed by atoms with van der Waals surface area (Å²) in [7, 11) is 0. The third-order valence-electron chi connectivity index (χ3n) is 3.11. The molecule has 5 nitrogen and oxygen atoms in total. The molecule has 0 atom stereocenters. The first-order valence-corrected chi connectivity index (χ1v) is 7.27. The summed E-state index contributed by atoms with van der Waals surface area (Å²) in [4.78, 5) is 23.9. The van der Waals surface area contributed by atoms with Gasteiger partial charge in [-0.2, -0.15) is 0 Å². The predicted octanol–water partition coefficient (Wildman–Crippen LogP) is 3.38. The minimum atomic E-state index is -1.02. The Hall–Kier alpha value is -2.34. The lowest BCUT2D eigenvalue weighted by Gasteiger charge is -2.10. The van der Waals surface area contributed by atoms with E-state index in [0.29, 0.717) is 12.2 Å². The van der Waals surface area contributed by atoms with Gasteiger partial charge in [-0.25, -0.2) is 9.59 Å². The molecular weight excluding hydrogens is 288 g/mol. The molecule has 0 unspecified atom stereocenters. The topological polar surface area (TPSA) is 78.4 Å². The maximum absolute atomic E-state index is 11.9. The van der Waals surface area contributed by atoms with Gasteiger partial charge in [0.1, 0.15) is 0 Å². The molecule has 0 bridgehead atoms. The summed E-state index contributed by atoms with van der Waals surface area (Å²) in [6.07, 6.45) is 0. The van der Waals surface area contributed by atoms with Crippen molar-refractivity contribution in [1.29, 1.82) is 0 Å². The van der Waals surface area contributed by atoms with E-state index in [2.05, 4.69) is 10.6 Å². The third kappa shape index (κ3) is 3.82. The average molecular weight is 304 g/mol. The zero-order chi connectivity index (χ0) is 15.4. The molecule has 1 aromatic heterocycles. The van der Waals surface area contributed by atoms with Crippen molar-refractivity contribution >= 4 is 29.0 Å². The number of aromatic carboxylic acids is 1. The van der Waals surface area contributed by atoms with Crippen LogP contribution in [0.1, 0.15) is 26.4 Å². The summed E-state index contributed by atoms with van der Waals surface area (Å²) >= 11 is 1.59. The Kier molecular flexibility index (Phi) is 4.59. The fourth-order valence-corrected chi connectivity index (χ4v) is 2.65. The Morgan fingerprint density at radius 3 is 2.57 bits per heavy atom. The van der Waals surface area contributed by atoms with Gasteiger partial charge in [-0.3, -0.25) is 0 Å². The number of carboxylic acids is 1. The van der Waals surface area contributed by atoms with Gasteiger partial charge in [-0.15, -0.1) is 11.3 Å². The highest BCUT2D eigenvalue weighted by Crippen LogP contribution is 2.18. The van der Waals surface area contributed by atoms with Crippen LogP contribution in [0.25, 0.3) is 0 Å². The number of nitrogens with one attached hydrogen (secondary N) is 2. The molecule has 3 N–H and O–H groups in total. The van der Waals surface area contributed by atoms with Gasteiger partial charge >= 0.3 is 12.0 Å². The van der Waals surface area contributed by atoms with Gasteiger partial charge < -0.3 is 15.7 Å². The SMILES string of the molecule is Cc1ccc(C(=O)O)cc1NC(=O)NCc1sccc1C. The number of aryl methyl sites for hydroxylation is 2. The number of amides is 2. The van der Waals surface area contributed by atoms with Gasteiger partial charge in [0.05, 0.1) is 12.1 Å². The highest BCUT2D eigenvalue weighted by atomic mass is 32.1. The van der Waals surface area contributed by atoms with E-state index in [1.807, 2.05) is 25.3 Å². The van der Waals surface area contributed by atoms with Crippen molar-refractivity contribution in [2.24, 2.45) is 0 Å². The monoisotopic (exact) mass is 304 g/mol. The first-order valence-electron chi connectivity index (χ1n) is 6.39. The summed E-state index contributed by atoms with van der Waals surface area (Å²) < 4.78 is 0. The van der Waals surface area contributed by atoms with Crippen molar-refractivity contribution in [2.75, 3.05) is 5.32 Å². The minimum Gasteiger partial charge on any atom is -0.478 e. The standard InChI is InChI=1S/C15H16N2O3S/c1-9-3-4-11(14(18)19)7-12(9)17-15(20)16-8-13-10(2)5-6-21-13/h3-7H,8H2,1-2H3,(H,18,19)(H2,16,17,20). The zero-order valence-electron chi connectivity index (χ0n) is 11.8. The lowest BCUT2D eigenvalue weighted by atomic mass is 10.1. The Balaban J connectivity index is 2.01. The fraction of sp³-hybridized carbons (Fsp3) is 0.200. The molecule has 6 heteroatoms. The molecule has 110 valence electrons. The van der Waals surface area contributed by atoms with Crippen LogP contribution >= 0.6 is 11.3 Å². The van der Waals surface area contributed by atoms with Crippen LogP contribution < -0.4 is 10.6 Å². The molecule has 21 heavy (non-hydrogen) atoms. The first kappa shape index (κ1) is 15.1. The van der Waals surface area contributed by atoms with Crippen LogP contribution in [0.3, 0.4) is 0 Å². The molecule has 0 aliphatic heterocycles. The van der Waals surface area contributed by atoms with Crippen LogP contribution in [-0.2, 0) is 6.54 Å². The van der Waals surface area contributed by atoms with Crippen molar-refractivity contribution in [3.8, 4) is 0 Å². The summed E-state index contributed by atoms with van der Waals surface area (Å²) in [5.41, 5.74) is 2.59. The van der Waals surface area contributed by atoms with E-state index in [9.17, 15) is 9.59 Å². The Bertz CT molecular complexity index is 679. The third-order valence-corrected chi connectivity index (χ3v) is 4.13. The molecule has 0 spiro atoms. The average Bonchev–Trinajstić information content (AvgIpc) is 2.84. The largest absolute Gasteiger partial charge is 0.478 e. The van der Waals surface area contributed by atoms with Crippen LogP contribution in [0, 0.1) is 13.8 Å². The second kappa shape index (κ2) is 6.41. The molecule has 2 rings (SSSR count). The van der Waals surface area contributed by atoms with Gasteiger partial charge in [-0.1, -0.05) is 6.07 Å². The van der Waals surface area contributed by atoms with E-state index in [1.54, 1.807) is 17.4 Å². The van der Waals surface area contributed by atoms with Crippen molar-refractivity contribution in [3.05, 3.63) is 51.2 Å². The van der Waals surface area contributed by atoms with Gasteiger partial charge in [0.15, 0.2) is 0 Å². The zero-order valence-corrected chi connectivity index (χ0v) is 12.6. The maximum Gasteiger partial charge on any atom is 0.335 e. The number of carbonyl (C=O) groups is 2. The summed E-state index contributed by atoms with van der Waals surface area (Å²) in [5.74, 6) is -1.02.